The highest BCUT2D eigenvalue weighted by Crippen LogP contribution is 2.19. The van der Waals surface area contributed by atoms with Crippen LogP contribution in [0.15, 0.2) is 35.0 Å². The predicted molar refractivity (Wildman–Crippen MR) is 115 cm³/mol. The average Bonchev–Trinajstić information content (AvgIpc) is 3.30. The van der Waals surface area contributed by atoms with E-state index in [-0.39, 0.29) is 11.8 Å². The summed E-state index contributed by atoms with van der Waals surface area (Å²) in [7, 11) is 0. The summed E-state index contributed by atoms with van der Waals surface area (Å²) in [5.74, 6) is 1.03. The van der Waals surface area contributed by atoms with Crippen molar-refractivity contribution in [1.29, 1.82) is 0 Å². The summed E-state index contributed by atoms with van der Waals surface area (Å²) in [6.45, 7) is 8.00. The smallest absolute Gasteiger partial charge is 0.246 e. The second kappa shape index (κ2) is 8.92. The molecule has 1 N–H and O–H groups in total. The minimum atomic E-state index is 0.0212. The number of aryl methyl sites for hydroxylation is 1. The monoisotopic (exact) mass is 410 g/mol. The third kappa shape index (κ3) is 5.02. The van der Waals surface area contributed by atoms with Gasteiger partial charge in [-0.25, -0.2) is 0 Å². The summed E-state index contributed by atoms with van der Waals surface area (Å²) in [6, 6.07) is 6.35. The standard InChI is InChI=1S/C23H30N4O3/c1-17-14-19(18(2)27(17)15-21-4-3-13-30-21)5-8-23(29)26-11-9-25(10-12-26)16-22(28)24-20-6-7-20/h3-5,8,13-14,20H,6-7,9-12,15-16H2,1-2H3,(H,24,28). The lowest BCUT2D eigenvalue weighted by Gasteiger charge is -2.33. The SMILES string of the molecule is Cc1cc(C=CC(=O)N2CCN(CC(=O)NC3CC3)CC2)c(C)n1Cc1ccco1. The maximum Gasteiger partial charge on any atom is 0.246 e. The average molecular weight is 411 g/mol. The third-order valence-electron chi connectivity index (χ3n) is 5.91. The van der Waals surface area contributed by atoms with Crippen LogP contribution in [0.25, 0.3) is 6.08 Å². The van der Waals surface area contributed by atoms with Crippen molar-refractivity contribution in [3.8, 4) is 0 Å². The summed E-state index contributed by atoms with van der Waals surface area (Å²) in [6.07, 6.45) is 7.45. The highest BCUT2D eigenvalue weighted by Gasteiger charge is 2.26. The van der Waals surface area contributed by atoms with E-state index in [1.54, 1.807) is 12.3 Å². The van der Waals surface area contributed by atoms with Gasteiger partial charge in [-0.05, 0) is 56.5 Å². The summed E-state index contributed by atoms with van der Waals surface area (Å²) < 4.78 is 7.65. The molecule has 1 aliphatic heterocycles. The molecule has 0 bridgehead atoms. The van der Waals surface area contributed by atoms with Crippen LogP contribution in [-0.2, 0) is 16.1 Å². The first kappa shape index (κ1) is 20.5. The van der Waals surface area contributed by atoms with Crippen LogP contribution in [0.5, 0.6) is 0 Å². The van der Waals surface area contributed by atoms with Gasteiger partial charge in [0.1, 0.15) is 5.76 Å². The second-order valence-electron chi connectivity index (χ2n) is 8.27. The van der Waals surface area contributed by atoms with Crippen LogP contribution in [-0.4, -0.2) is 64.9 Å². The van der Waals surface area contributed by atoms with Crippen molar-refractivity contribution in [3.05, 3.63) is 53.2 Å². The van der Waals surface area contributed by atoms with E-state index in [2.05, 4.69) is 34.7 Å². The van der Waals surface area contributed by atoms with Gasteiger partial charge in [0.05, 0.1) is 19.4 Å². The Morgan fingerprint density at radius 2 is 1.97 bits per heavy atom. The Morgan fingerprint density at radius 1 is 1.20 bits per heavy atom. The highest BCUT2D eigenvalue weighted by molar-refractivity contribution is 5.92. The van der Waals surface area contributed by atoms with Gasteiger partial charge in [-0.15, -0.1) is 0 Å². The van der Waals surface area contributed by atoms with Crippen molar-refractivity contribution in [3.63, 3.8) is 0 Å². The number of carbonyl (C=O) groups excluding carboxylic acids is 2. The Bertz CT molecular complexity index is 917. The minimum absolute atomic E-state index is 0.0212. The third-order valence-corrected chi connectivity index (χ3v) is 5.91. The maximum absolute atomic E-state index is 12.6. The topological polar surface area (TPSA) is 70.7 Å². The lowest BCUT2D eigenvalue weighted by molar-refractivity contribution is -0.128. The number of piperazine rings is 1. The molecule has 2 aliphatic rings. The first-order chi connectivity index (χ1) is 14.5. The maximum atomic E-state index is 12.6. The molecule has 4 rings (SSSR count). The second-order valence-corrected chi connectivity index (χ2v) is 8.27. The van der Waals surface area contributed by atoms with Crippen molar-refractivity contribution >= 4 is 17.9 Å². The van der Waals surface area contributed by atoms with E-state index in [9.17, 15) is 9.59 Å². The summed E-state index contributed by atoms with van der Waals surface area (Å²) in [4.78, 5) is 28.6. The van der Waals surface area contributed by atoms with Crippen LogP contribution in [0.4, 0.5) is 0 Å². The molecule has 2 amide bonds. The van der Waals surface area contributed by atoms with E-state index >= 15 is 0 Å². The first-order valence-corrected chi connectivity index (χ1v) is 10.7. The molecule has 30 heavy (non-hydrogen) atoms. The predicted octanol–water partition coefficient (Wildman–Crippen LogP) is 2.18. The van der Waals surface area contributed by atoms with Gasteiger partial charge in [0, 0.05) is 49.7 Å². The quantitative estimate of drug-likeness (QED) is 0.711. The Morgan fingerprint density at radius 3 is 2.63 bits per heavy atom. The fourth-order valence-corrected chi connectivity index (χ4v) is 3.90. The number of hydrogen-bond acceptors (Lipinski definition) is 4. The zero-order valence-electron chi connectivity index (χ0n) is 17.8. The van der Waals surface area contributed by atoms with E-state index in [0.717, 1.165) is 48.6 Å². The lowest BCUT2D eigenvalue weighted by Crippen LogP contribution is -2.51. The van der Waals surface area contributed by atoms with Crippen LogP contribution < -0.4 is 5.32 Å². The van der Waals surface area contributed by atoms with Gasteiger partial charge in [0.15, 0.2) is 0 Å². The Balaban J connectivity index is 1.29. The van der Waals surface area contributed by atoms with Crippen LogP contribution in [0, 0.1) is 13.8 Å². The number of carbonyl (C=O) groups is 2. The number of hydrogen-bond donors (Lipinski definition) is 1. The zero-order valence-corrected chi connectivity index (χ0v) is 17.8. The van der Waals surface area contributed by atoms with E-state index in [1.807, 2.05) is 23.1 Å². The number of nitrogens with zero attached hydrogens (tertiary/aromatic N) is 3. The van der Waals surface area contributed by atoms with Gasteiger partial charge in [-0.3, -0.25) is 14.5 Å². The summed E-state index contributed by atoms with van der Waals surface area (Å²) in [5.41, 5.74) is 3.29. The van der Waals surface area contributed by atoms with Crippen LogP contribution >= 0.6 is 0 Å². The molecule has 7 heteroatoms. The molecular weight excluding hydrogens is 380 g/mol. The van der Waals surface area contributed by atoms with Gasteiger partial charge in [-0.2, -0.15) is 0 Å². The molecule has 0 radical (unpaired) electrons. The lowest BCUT2D eigenvalue weighted by atomic mass is 10.2. The molecule has 2 fully saturated rings. The zero-order chi connectivity index (χ0) is 21.1. The van der Waals surface area contributed by atoms with Gasteiger partial charge in [0.2, 0.25) is 11.8 Å². The molecule has 0 atom stereocenters. The van der Waals surface area contributed by atoms with Crippen molar-refractivity contribution in [2.24, 2.45) is 0 Å². The Labute approximate surface area is 177 Å². The van der Waals surface area contributed by atoms with Gasteiger partial charge >= 0.3 is 0 Å². The molecule has 0 aromatic carbocycles. The minimum Gasteiger partial charge on any atom is -0.467 e. The molecule has 1 saturated carbocycles. The fraction of sp³-hybridized carbons (Fsp3) is 0.478. The summed E-state index contributed by atoms with van der Waals surface area (Å²) in [5, 5.41) is 3.02. The van der Waals surface area contributed by atoms with Crippen molar-refractivity contribution < 1.29 is 14.0 Å². The van der Waals surface area contributed by atoms with Crippen LogP contribution in [0.2, 0.25) is 0 Å². The molecule has 160 valence electrons. The Kier molecular flexibility index (Phi) is 6.08. The van der Waals surface area contributed by atoms with Crippen LogP contribution in [0.3, 0.4) is 0 Å². The molecule has 2 aromatic heterocycles. The molecule has 1 aliphatic carbocycles. The number of aromatic nitrogens is 1. The van der Waals surface area contributed by atoms with E-state index in [1.165, 1.54) is 0 Å². The molecule has 0 unspecified atom stereocenters. The molecular formula is C23H30N4O3. The van der Waals surface area contributed by atoms with Gasteiger partial charge in [-0.1, -0.05) is 0 Å². The molecule has 2 aromatic rings. The molecule has 0 spiro atoms. The van der Waals surface area contributed by atoms with Crippen molar-refractivity contribution in [2.45, 2.75) is 39.3 Å². The van der Waals surface area contributed by atoms with E-state index in [0.29, 0.717) is 32.2 Å². The van der Waals surface area contributed by atoms with Gasteiger partial charge < -0.3 is 19.2 Å². The highest BCUT2D eigenvalue weighted by atomic mass is 16.3. The Hall–Kier alpha value is -2.80. The normalized spacial score (nSPS) is 17.6. The van der Waals surface area contributed by atoms with Gasteiger partial charge in [0.25, 0.3) is 0 Å². The molecule has 1 saturated heterocycles. The number of furan rings is 1. The molecule has 7 nitrogen and oxygen atoms in total. The van der Waals surface area contributed by atoms with Crippen molar-refractivity contribution in [2.75, 3.05) is 32.7 Å². The summed E-state index contributed by atoms with van der Waals surface area (Å²) >= 11 is 0. The van der Waals surface area contributed by atoms with Crippen LogP contribution in [0.1, 0.15) is 35.6 Å². The van der Waals surface area contributed by atoms with Crippen molar-refractivity contribution in [1.82, 2.24) is 19.7 Å². The van der Waals surface area contributed by atoms with E-state index in [4.69, 9.17) is 4.42 Å². The fourth-order valence-electron chi connectivity index (χ4n) is 3.90. The number of nitrogens with one attached hydrogen (secondary N) is 1. The number of amides is 2. The first-order valence-electron chi connectivity index (χ1n) is 10.7. The molecule has 3 heterocycles. The number of rotatable bonds is 7. The largest absolute Gasteiger partial charge is 0.467 e. The van der Waals surface area contributed by atoms with E-state index < -0.39 is 0 Å².